The highest BCUT2D eigenvalue weighted by Crippen LogP contribution is 2.27. The normalized spacial score (nSPS) is 26.0. The fraction of sp³-hybridized carbons (Fsp3) is 1.00. The smallest absolute Gasteiger partial charge is 0.117 e. The molecule has 12 heavy (non-hydrogen) atoms. The summed E-state index contributed by atoms with van der Waals surface area (Å²) in [6, 6.07) is 0. The van der Waals surface area contributed by atoms with Crippen LogP contribution in [0.15, 0.2) is 0 Å². The summed E-state index contributed by atoms with van der Waals surface area (Å²) in [6.07, 6.45) is 1.50. The van der Waals surface area contributed by atoms with Crippen LogP contribution in [0.4, 0.5) is 4.39 Å². The molecule has 3 heteroatoms. The molecule has 0 aromatic heterocycles. The summed E-state index contributed by atoms with van der Waals surface area (Å²) in [7, 11) is 0. The third-order valence-corrected chi connectivity index (χ3v) is 2.68. The van der Waals surface area contributed by atoms with Crippen molar-refractivity contribution in [3.05, 3.63) is 0 Å². The van der Waals surface area contributed by atoms with Gasteiger partial charge in [-0.3, -0.25) is 4.90 Å². The number of aliphatic hydroxyl groups is 1. The third-order valence-electron chi connectivity index (χ3n) is 2.68. The van der Waals surface area contributed by atoms with E-state index in [4.69, 9.17) is 5.11 Å². The van der Waals surface area contributed by atoms with Crippen molar-refractivity contribution in [3.8, 4) is 0 Å². The van der Waals surface area contributed by atoms with Crippen molar-refractivity contribution in [1.29, 1.82) is 0 Å². The number of aliphatic hydroxyl groups excluding tert-OH is 1. The van der Waals surface area contributed by atoms with Crippen molar-refractivity contribution >= 4 is 0 Å². The zero-order valence-electron chi connectivity index (χ0n) is 7.89. The Labute approximate surface area is 73.4 Å². The summed E-state index contributed by atoms with van der Waals surface area (Å²) in [4.78, 5) is 2.16. The highest BCUT2D eigenvalue weighted by Gasteiger charge is 2.32. The standard InChI is InChI=1S/C9H18FNO/c1-9(2)4-3-5-11(9)7-8(12)6-10/h8,12H,3-7H2,1-2H3. The summed E-state index contributed by atoms with van der Waals surface area (Å²) in [5.74, 6) is 0. The second-order valence-corrected chi connectivity index (χ2v) is 4.17. The van der Waals surface area contributed by atoms with Crippen molar-refractivity contribution in [2.24, 2.45) is 0 Å². The number of hydrogen-bond acceptors (Lipinski definition) is 2. The van der Waals surface area contributed by atoms with Crippen LogP contribution in [0.1, 0.15) is 26.7 Å². The van der Waals surface area contributed by atoms with Crippen LogP contribution < -0.4 is 0 Å². The molecule has 1 saturated heterocycles. The van der Waals surface area contributed by atoms with Crippen LogP contribution in [-0.4, -0.2) is 41.4 Å². The van der Waals surface area contributed by atoms with E-state index in [1.807, 2.05) is 0 Å². The maximum Gasteiger partial charge on any atom is 0.117 e. The van der Waals surface area contributed by atoms with Crippen molar-refractivity contribution in [2.45, 2.75) is 38.3 Å². The van der Waals surface area contributed by atoms with Crippen LogP contribution in [0.25, 0.3) is 0 Å². The molecule has 1 unspecified atom stereocenters. The molecular formula is C9H18FNO. The van der Waals surface area contributed by atoms with Gasteiger partial charge in [0.2, 0.25) is 0 Å². The molecule has 0 saturated carbocycles. The van der Waals surface area contributed by atoms with E-state index in [0.717, 1.165) is 19.4 Å². The van der Waals surface area contributed by atoms with E-state index in [9.17, 15) is 4.39 Å². The number of alkyl halides is 1. The van der Waals surface area contributed by atoms with Gasteiger partial charge in [-0.2, -0.15) is 0 Å². The first-order chi connectivity index (χ1) is 5.56. The molecule has 1 heterocycles. The Morgan fingerprint density at radius 1 is 1.58 bits per heavy atom. The summed E-state index contributed by atoms with van der Waals surface area (Å²) in [5, 5.41) is 9.13. The lowest BCUT2D eigenvalue weighted by molar-refractivity contribution is 0.0622. The summed E-state index contributed by atoms with van der Waals surface area (Å²) in [5.41, 5.74) is 0.149. The van der Waals surface area contributed by atoms with Crippen LogP contribution in [0.2, 0.25) is 0 Å². The van der Waals surface area contributed by atoms with E-state index >= 15 is 0 Å². The van der Waals surface area contributed by atoms with Gasteiger partial charge in [-0.15, -0.1) is 0 Å². The molecule has 1 rings (SSSR count). The third kappa shape index (κ3) is 2.17. The molecule has 2 nitrogen and oxygen atoms in total. The molecule has 0 aliphatic carbocycles. The van der Waals surface area contributed by atoms with E-state index in [1.165, 1.54) is 0 Å². The van der Waals surface area contributed by atoms with Gasteiger partial charge in [0, 0.05) is 12.1 Å². The average molecular weight is 175 g/mol. The molecule has 1 atom stereocenters. The minimum atomic E-state index is -0.803. The second kappa shape index (κ2) is 3.71. The number of nitrogens with zero attached hydrogens (tertiary/aromatic N) is 1. The lowest BCUT2D eigenvalue weighted by atomic mass is 10.0. The van der Waals surface area contributed by atoms with Crippen LogP contribution in [0.5, 0.6) is 0 Å². The Morgan fingerprint density at radius 3 is 2.67 bits per heavy atom. The van der Waals surface area contributed by atoms with Gasteiger partial charge in [-0.25, -0.2) is 4.39 Å². The van der Waals surface area contributed by atoms with Gasteiger partial charge >= 0.3 is 0 Å². The molecule has 72 valence electrons. The van der Waals surface area contributed by atoms with Crippen LogP contribution in [0.3, 0.4) is 0 Å². The number of rotatable bonds is 3. The van der Waals surface area contributed by atoms with E-state index in [-0.39, 0.29) is 5.54 Å². The highest BCUT2D eigenvalue weighted by molar-refractivity contribution is 4.88. The first-order valence-corrected chi connectivity index (χ1v) is 4.55. The molecule has 1 aliphatic rings. The van der Waals surface area contributed by atoms with Gasteiger partial charge in [-0.1, -0.05) is 0 Å². The van der Waals surface area contributed by atoms with Crippen molar-refractivity contribution in [2.75, 3.05) is 19.8 Å². The van der Waals surface area contributed by atoms with Crippen molar-refractivity contribution < 1.29 is 9.50 Å². The average Bonchev–Trinajstić information content (AvgIpc) is 2.31. The Balaban J connectivity index is 2.41. The summed E-state index contributed by atoms with van der Waals surface area (Å²) < 4.78 is 12.0. The summed E-state index contributed by atoms with van der Waals surface area (Å²) in [6.45, 7) is 5.12. The molecular weight excluding hydrogens is 157 g/mol. The van der Waals surface area contributed by atoms with Crippen molar-refractivity contribution in [3.63, 3.8) is 0 Å². The molecule has 1 aliphatic heterocycles. The maximum atomic E-state index is 12.0. The molecule has 0 radical (unpaired) electrons. The first-order valence-electron chi connectivity index (χ1n) is 4.55. The largest absolute Gasteiger partial charge is 0.389 e. The van der Waals surface area contributed by atoms with Crippen molar-refractivity contribution in [1.82, 2.24) is 4.90 Å². The van der Waals surface area contributed by atoms with Gasteiger partial charge in [0.1, 0.15) is 6.67 Å². The lowest BCUT2D eigenvalue weighted by Gasteiger charge is -2.32. The molecule has 0 amide bonds. The van der Waals surface area contributed by atoms with Gasteiger partial charge in [0.15, 0.2) is 0 Å². The monoisotopic (exact) mass is 175 g/mol. The van der Waals surface area contributed by atoms with Gasteiger partial charge in [0.05, 0.1) is 6.10 Å². The van der Waals surface area contributed by atoms with E-state index in [2.05, 4.69) is 18.7 Å². The topological polar surface area (TPSA) is 23.5 Å². The predicted molar refractivity (Wildman–Crippen MR) is 46.9 cm³/mol. The maximum absolute atomic E-state index is 12.0. The highest BCUT2D eigenvalue weighted by atomic mass is 19.1. The molecule has 0 aromatic carbocycles. The number of β-amino-alcohol motifs (C(OH)–C–C–N with tert-alkyl or cyclic N) is 1. The van der Waals surface area contributed by atoms with Gasteiger partial charge < -0.3 is 5.11 Å². The SMILES string of the molecule is CC1(C)CCCN1CC(O)CF. The van der Waals surface area contributed by atoms with Crippen LogP contribution in [0, 0.1) is 0 Å². The van der Waals surface area contributed by atoms with E-state index in [1.54, 1.807) is 0 Å². The molecule has 1 N–H and O–H groups in total. The van der Waals surface area contributed by atoms with E-state index < -0.39 is 12.8 Å². The fourth-order valence-corrected chi connectivity index (χ4v) is 1.80. The minimum Gasteiger partial charge on any atom is -0.389 e. The van der Waals surface area contributed by atoms with Gasteiger partial charge in [0.25, 0.3) is 0 Å². The zero-order chi connectivity index (χ0) is 9.19. The quantitative estimate of drug-likeness (QED) is 0.696. The summed E-state index contributed by atoms with van der Waals surface area (Å²) >= 11 is 0. The lowest BCUT2D eigenvalue weighted by Crippen LogP contribution is -2.43. The Kier molecular flexibility index (Phi) is 3.07. The fourth-order valence-electron chi connectivity index (χ4n) is 1.80. The predicted octanol–water partition coefficient (Wildman–Crippen LogP) is 1.19. The first kappa shape index (κ1) is 9.93. The Bertz CT molecular complexity index is 149. The minimum absolute atomic E-state index is 0.149. The number of halogens is 1. The molecule has 0 bridgehead atoms. The van der Waals surface area contributed by atoms with E-state index in [0.29, 0.717) is 6.54 Å². The molecule has 1 fully saturated rings. The number of likely N-dealkylation sites (tertiary alicyclic amines) is 1. The van der Waals surface area contributed by atoms with Crippen LogP contribution in [-0.2, 0) is 0 Å². The zero-order valence-corrected chi connectivity index (χ0v) is 7.89. The molecule has 0 aromatic rings. The molecule has 0 spiro atoms. The van der Waals surface area contributed by atoms with Crippen LogP contribution >= 0.6 is 0 Å². The Morgan fingerprint density at radius 2 is 2.25 bits per heavy atom. The second-order valence-electron chi connectivity index (χ2n) is 4.17. The number of hydrogen-bond donors (Lipinski definition) is 1. The van der Waals surface area contributed by atoms with Gasteiger partial charge in [-0.05, 0) is 33.2 Å². The Hall–Kier alpha value is -0.150.